The first kappa shape index (κ1) is 36.8. The Balaban J connectivity index is 1.82. The van der Waals surface area contributed by atoms with E-state index < -0.39 is 30.7 Å². The summed E-state index contributed by atoms with van der Waals surface area (Å²) in [7, 11) is 0. The smallest absolute Gasteiger partial charge is 0.400 e. The summed E-state index contributed by atoms with van der Waals surface area (Å²) in [6.07, 6.45) is 7.59. The van der Waals surface area contributed by atoms with Crippen LogP contribution in [-0.2, 0) is 41.9 Å². The van der Waals surface area contributed by atoms with Gasteiger partial charge in [-0.1, -0.05) is 104 Å². The van der Waals surface area contributed by atoms with Crippen LogP contribution in [0.1, 0.15) is 125 Å². The Bertz CT molecular complexity index is 1020. The van der Waals surface area contributed by atoms with Gasteiger partial charge < -0.3 is 9.47 Å². The number of ether oxygens (including phenoxy) is 2. The lowest BCUT2D eigenvalue weighted by atomic mass is 10.0. The van der Waals surface area contributed by atoms with Crippen molar-refractivity contribution in [2.24, 2.45) is 11.8 Å². The minimum atomic E-state index is -1.25. The van der Waals surface area contributed by atoms with Crippen LogP contribution in [0, 0.1) is 11.8 Å². The highest BCUT2D eigenvalue weighted by atomic mass is 17.2. The first-order chi connectivity index (χ1) is 21.1. The molecule has 0 aliphatic carbocycles. The van der Waals surface area contributed by atoms with Gasteiger partial charge in [-0.3, -0.25) is 9.78 Å². The molecule has 0 heterocycles. The van der Waals surface area contributed by atoms with Crippen molar-refractivity contribution in [1.29, 1.82) is 0 Å². The summed E-state index contributed by atoms with van der Waals surface area (Å²) < 4.78 is 10.5. The monoisotopic (exact) mass is 614 g/mol. The number of carbonyl (C=O) groups is 3. The normalized spacial score (nSPS) is 12.5. The van der Waals surface area contributed by atoms with Crippen LogP contribution in [0.4, 0.5) is 4.79 Å². The minimum Gasteiger partial charge on any atom is -0.400 e. The van der Waals surface area contributed by atoms with Gasteiger partial charge in [0.25, 0.3) is 12.6 Å². The van der Waals surface area contributed by atoms with Gasteiger partial charge >= 0.3 is 18.1 Å². The van der Waals surface area contributed by atoms with Crippen LogP contribution in [-0.4, -0.2) is 30.7 Å². The number of aryl methyl sites for hydroxylation is 2. The fraction of sp³-hybridized carbons (Fsp3) is 0.571. The molecular formula is C35H50O9. The number of hydrogen-bond acceptors (Lipinski definition) is 9. The number of unbranched alkanes of at least 4 members (excludes halogenated alkanes) is 6. The molecule has 0 amide bonds. The SMILES string of the molecule is CCCCCCc1ccc(C(=O)OOC(OC(=O)OC(OOC(=O)c2ccc(CCCCCC)cc2)C(C)C)C(C)C)cc1. The van der Waals surface area contributed by atoms with Crippen molar-refractivity contribution in [2.45, 2.75) is 118 Å². The Morgan fingerprint density at radius 1 is 0.545 bits per heavy atom. The zero-order valence-electron chi connectivity index (χ0n) is 27.2. The van der Waals surface area contributed by atoms with E-state index in [1.165, 1.54) is 38.5 Å². The minimum absolute atomic E-state index is 0.309. The molecule has 0 aromatic heterocycles. The molecule has 244 valence electrons. The Morgan fingerprint density at radius 3 is 1.23 bits per heavy atom. The fourth-order valence-corrected chi connectivity index (χ4v) is 4.16. The molecule has 0 aliphatic rings. The van der Waals surface area contributed by atoms with E-state index in [0.29, 0.717) is 11.1 Å². The van der Waals surface area contributed by atoms with Crippen molar-refractivity contribution >= 4 is 18.1 Å². The van der Waals surface area contributed by atoms with E-state index in [2.05, 4.69) is 13.8 Å². The zero-order chi connectivity index (χ0) is 32.3. The summed E-state index contributed by atoms with van der Waals surface area (Å²) in [5.74, 6) is -2.20. The average molecular weight is 615 g/mol. The highest BCUT2D eigenvalue weighted by molar-refractivity contribution is 5.89. The molecule has 9 nitrogen and oxygen atoms in total. The predicted molar refractivity (Wildman–Crippen MR) is 166 cm³/mol. The Morgan fingerprint density at radius 2 is 0.909 bits per heavy atom. The lowest BCUT2D eigenvalue weighted by Crippen LogP contribution is -2.33. The molecule has 2 atom stereocenters. The average Bonchev–Trinajstić information content (AvgIpc) is 3.01. The van der Waals surface area contributed by atoms with E-state index >= 15 is 0 Å². The number of carbonyl (C=O) groups excluding carboxylic acids is 3. The summed E-state index contributed by atoms with van der Waals surface area (Å²) in [6.45, 7) is 11.2. The van der Waals surface area contributed by atoms with Crippen molar-refractivity contribution in [3.8, 4) is 0 Å². The van der Waals surface area contributed by atoms with Gasteiger partial charge in [-0.2, -0.15) is 0 Å². The van der Waals surface area contributed by atoms with E-state index in [-0.39, 0.29) is 11.8 Å². The second-order valence-electron chi connectivity index (χ2n) is 11.7. The Labute approximate surface area is 262 Å². The maximum absolute atomic E-state index is 12.5. The maximum atomic E-state index is 12.5. The molecule has 9 heteroatoms. The van der Waals surface area contributed by atoms with E-state index in [1.54, 1.807) is 52.0 Å². The molecule has 44 heavy (non-hydrogen) atoms. The predicted octanol–water partition coefficient (Wildman–Crippen LogP) is 8.93. The number of hydrogen-bond donors (Lipinski definition) is 0. The van der Waals surface area contributed by atoms with Crippen molar-refractivity contribution in [3.05, 3.63) is 70.8 Å². The van der Waals surface area contributed by atoms with Crippen LogP contribution in [0.25, 0.3) is 0 Å². The summed E-state index contributed by atoms with van der Waals surface area (Å²) >= 11 is 0. The summed E-state index contributed by atoms with van der Waals surface area (Å²) in [5.41, 5.74) is 2.90. The Hall–Kier alpha value is -3.43. The van der Waals surface area contributed by atoms with Crippen molar-refractivity contribution in [2.75, 3.05) is 0 Å². The van der Waals surface area contributed by atoms with Crippen molar-refractivity contribution in [1.82, 2.24) is 0 Å². The molecule has 0 fully saturated rings. The molecule has 2 aromatic carbocycles. The van der Waals surface area contributed by atoms with Gasteiger partial charge in [0.1, 0.15) is 0 Å². The van der Waals surface area contributed by atoms with E-state index in [0.717, 1.165) is 36.8 Å². The van der Waals surface area contributed by atoms with Crippen LogP contribution in [0.3, 0.4) is 0 Å². The molecule has 0 saturated heterocycles. The lowest BCUT2D eigenvalue weighted by molar-refractivity contribution is -0.357. The third-order valence-corrected chi connectivity index (χ3v) is 6.97. The topological polar surface area (TPSA) is 107 Å². The molecule has 0 saturated carbocycles. The summed E-state index contributed by atoms with van der Waals surface area (Å²) in [6, 6.07) is 14.3. The standard InChI is InChI=1S/C35H50O9/c1-7-9-11-13-15-27-17-21-29(22-18-27)31(36)41-43-33(25(3)4)39-35(38)40-34(26(5)6)44-42-32(37)30-23-19-28(20-24-30)16-14-12-10-8-2/h17-26,33-34H,7-16H2,1-6H3. The molecule has 0 spiro atoms. The molecule has 0 N–H and O–H groups in total. The first-order valence-electron chi connectivity index (χ1n) is 15.9. The van der Waals surface area contributed by atoms with Gasteiger partial charge in [0, 0.05) is 11.8 Å². The molecule has 0 aliphatic heterocycles. The first-order valence-corrected chi connectivity index (χ1v) is 15.9. The van der Waals surface area contributed by atoms with E-state index in [1.807, 2.05) is 24.3 Å². The molecule has 2 unspecified atom stereocenters. The lowest BCUT2D eigenvalue weighted by Gasteiger charge is -2.23. The van der Waals surface area contributed by atoms with Gasteiger partial charge in [-0.15, -0.1) is 9.78 Å². The van der Waals surface area contributed by atoms with Crippen LogP contribution >= 0.6 is 0 Å². The highest BCUT2D eigenvalue weighted by Crippen LogP contribution is 2.17. The van der Waals surface area contributed by atoms with Gasteiger partial charge in [0.2, 0.25) is 0 Å². The van der Waals surface area contributed by atoms with Gasteiger partial charge in [0.05, 0.1) is 11.1 Å². The quantitative estimate of drug-likeness (QED) is 0.0475. The van der Waals surface area contributed by atoms with Crippen LogP contribution in [0.15, 0.2) is 48.5 Å². The van der Waals surface area contributed by atoms with Crippen LogP contribution in [0.5, 0.6) is 0 Å². The number of benzene rings is 2. The molecule has 2 rings (SSSR count). The maximum Gasteiger partial charge on any atom is 0.513 e. The largest absolute Gasteiger partial charge is 0.513 e. The van der Waals surface area contributed by atoms with Crippen molar-refractivity contribution < 1.29 is 43.4 Å². The van der Waals surface area contributed by atoms with Gasteiger partial charge in [-0.05, 0) is 61.1 Å². The second kappa shape index (κ2) is 20.5. The molecule has 0 radical (unpaired) electrons. The third-order valence-electron chi connectivity index (χ3n) is 6.97. The van der Waals surface area contributed by atoms with Gasteiger partial charge in [0.15, 0.2) is 0 Å². The summed E-state index contributed by atoms with van der Waals surface area (Å²) in [5, 5.41) is 0. The van der Waals surface area contributed by atoms with E-state index in [4.69, 9.17) is 29.0 Å². The highest BCUT2D eigenvalue weighted by Gasteiger charge is 2.28. The summed E-state index contributed by atoms with van der Waals surface area (Å²) in [4.78, 5) is 57.8. The van der Waals surface area contributed by atoms with Crippen LogP contribution < -0.4 is 0 Å². The van der Waals surface area contributed by atoms with Crippen molar-refractivity contribution in [3.63, 3.8) is 0 Å². The number of rotatable bonds is 20. The molecule has 2 aromatic rings. The molecular weight excluding hydrogens is 564 g/mol. The zero-order valence-corrected chi connectivity index (χ0v) is 27.2. The molecule has 0 bridgehead atoms. The third kappa shape index (κ3) is 13.9. The van der Waals surface area contributed by atoms with Crippen LogP contribution in [0.2, 0.25) is 0 Å². The fourth-order valence-electron chi connectivity index (χ4n) is 4.16. The van der Waals surface area contributed by atoms with Gasteiger partial charge in [-0.25, -0.2) is 14.4 Å². The Kier molecular flexibility index (Phi) is 17.1. The second-order valence-corrected chi connectivity index (χ2v) is 11.7. The van der Waals surface area contributed by atoms with E-state index in [9.17, 15) is 14.4 Å².